The molecule has 0 amide bonds. The number of allylic oxidation sites excluding steroid dienone is 1. The molecule has 1 aromatic carbocycles. The summed E-state index contributed by atoms with van der Waals surface area (Å²) in [5.41, 5.74) is 1.19. The first-order chi connectivity index (χ1) is 8.22. The molecule has 1 rings (SSSR count). The number of aliphatic hydroxyl groups excluding tert-OH is 1. The van der Waals surface area contributed by atoms with Crippen molar-refractivity contribution in [3.63, 3.8) is 0 Å². The van der Waals surface area contributed by atoms with E-state index in [-0.39, 0.29) is 6.10 Å². The van der Waals surface area contributed by atoms with Crippen molar-refractivity contribution in [1.29, 1.82) is 0 Å². The van der Waals surface area contributed by atoms with E-state index in [4.69, 9.17) is 0 Å². The highest BCUT2D eigenvalue weighted by Crippen LogP contribution is 2.15. The SMILES string of the molecule is C=CCCCCCC(O)Cc1cccc(Br)c1. The van der Waals surface area contributed by atoms with Gasteiger partial charge in [0.2, 0.25) is 0 Å². The Kier molecular flexibility index (Phi) is 7.22. The van der Waals surface area contributed by atoms with Gasteiger partial charge < -0.3 is 5.11 Å². The zero-order valence-electron chi connectivity index (χ0n) is 10.2. The standard InChI is InChI=1S/C15H21BrO/c1-2-3-4-5-6-10-15(17)12-13-8-7-9-14(16)11-13/h2,7-9,11,15,17H,1,3-6,10,12H2. The fourth-order valence-corrected chi connectivity index (χ4v) is 2.33. The highest BCUT2D eigenvalue weighted by atomic mass is 79.9. The smallest absolute Gasteiger partial charge is 0.0580 e. The predicted molar refractivity (Wildman–Crippen MR) is 77.1 cm³/mol. The van der Waals surface area contributed by atoms with Gasteiger partial charge in [0.1, 0.15) is 0 Å². The van der Waals surface area contributed by atoms with Crippen LogP contribution in [0, 0.1) is 0 Å². The first-order valence-corrected chi connectivity index (χ1v) is 7.05. The topological polar surface area (TPSA) is 20.2 Å². The maximum Gasteiger partial charge on any atom is 0.0580 e. The van der Waals surface area contributed by atoms with Crippen molar-refractivity contribution in [3.05, 3.63) is 47.0 Å². The second-order valence-electron chi connectivity index (χ2n) is 4.41. The van der Waals surface area contributed by atoms with Gasteiger partial charge in [-0.25, -0.2) is 0 Å². The third-order valence-corrected chi connectivity index (χ3v) is 3.30. The van der Waals surface area contributed by atoms with Gasteiger partial charge in [-0.3, -0.25) is 0 Å². The van der Waals surface area contributed by atoms with Crippen LogP contribution in [0.5, 0.6) is 0 Å². The summed E-state index contributed by atoms with van der Waals surface area (Å²) in [4.78, 5) is 0. The van der Waals surface area contributed by atoms with Gasteiger partial charge >= 0.3 is 0 Å². The Hall–Kier alpha value is -0.600. The van der Waals surface area contributed by atoms with E-state index in [1.807, 2.05) is 18.2 Å². The van der Waals surface area contributed by atoms with E-state index in [1.54, 1.807) is 0 Å². The molecule has 2 heteroatoms. The van der Waals surface area contributed by atoms with Crippen LogP contribution in [0.3, 0.4) is 0 Å². The Morgan fingerprint density at radius 2 is 2.12 bits per heavy atom. The Bertz CT molecular complexity index is 335. The lowest BCUT2D eigenvalue weighted by atomic mass is 10.0. The lowest BCUT2D eigenvalue weighted by Gasteiger charge is -2.10. The molecule has 94 valence electrons. The molecule has 1 aromatic rings. The highest BCUT2D eigenvalue weighted by molar-refractivity contribution is 9.10. The molecule has 1 unspecified atom stereocenters. The fourth-order valence-electron chi connectivity index (χ4n) is 1.88. The van der Waals surface area contributed by atoms with E-state index >= 15 is 0 Å². The van der Waals surface area contributed by atoms with Crippen molar-refractivity contribution < 1.29 is 5.11 Å². The Balaban J connectivity index is 2.20. The van der Waals surface area contributed by atoms with Crippen LogP contribution in [0.4, 0.5) is 0 Å². The number of aliphatic hydroxyl groups is 1. The largest absolute Gasteiger partial charge is 0.393 e. The average Bonchev–Trinajstić information content (AvgIpc) is 2.29. The Morgan fingerprint density at radius 1 is 1.29 bits per heavy atom. The summed E-state index contributed by atoms with van der Waals surface area (Å²) < 4.78 is 1.08. The number of rotatable bonds is 8. The molecule has 1 atom stereocenters. The summed E-state index contributed by atoms with van der Waals surface area (Å²) >= 11 is 3.44. The summed E-state index contributed by atoms with van der Waals surface area (Å²) in [5, 5.41) is 9.91. The highest BCUT2D eigenvalue weighted by Gasteiger charge is 2.05. The zero-order chi connectivity index (χ0) is 12.5. The lowest BCUT2D eigenvalue weighted by molar-refractivity contribution is 0.161. The van der Waals surface area contributed by atoms with Crippen LogP contribution in [0.25, 0.3) is 0 Å². The van der Waals surface area contributed by atoms with E-state index in [2.05, 4.69) is 34.6 Å². The molecular weight excluding hydrogens is 276 g/mol. The first kappa shape index (κ1) is 14.5. The molecule has 0 radical (unpaired) electrons. The van der Waals surface area contributed by atoms with Gasteiger partial charge in [0.25, 0.3) is 0 Å². The second-order valence-corrected chi connectivity index (χ2v) is 5.33. The maximum absolute atomic E-state index is 9.91. The molecule has 0 aliphatic rings. The molecule has 0 fully saturated rings. The number of halogens is 1. The van der Waals surface area contributed by atoms with Crippen molar-refractivity contribution in [2.24, 2.45) is 0 Å². The van der Waals surface area contributed by atoms with Gasteiger partial charge in [0.05, 0.1) is 6.10 Å². The molecule has 0 aliphatic carbocycles. The maximum atomic E-state index is 9.91. The average molecular weight is 297 g/mol. The summed E-state index contributed by atoms with van der Waals surface area (Å²) in [7, 11) is 0. The summed E-state index contributed by atoms with van der Waals surface area (Å²) in [6.07, 6.45) is 7.94. The first-order valence-electron chi connectivity index (χ1n) is 6.26. The van der Waals surface area contributed by atoms with Gasteiger partial charge in [-0.05, 0) is 43.4 Å². The normalized spacial score (nSPS) is 12.4. The van der Waals surface area contributed by atoms with Gasteiger partial charge in [0, 0.05) is 4.47 Å². The van der Waals surface area contributed by atoms with Crippen LogP contribution >= 0.6 is 15.9 Å². The molecular formula is C15H21BrO. The van der Waals surface area contributed by atoms with E-state index < -0.39 is 0 Å². The van der Waals surface area contributed by atoms with Gasteiger partial charge in [0.15, 0.2) is 0 Å². The van der Waals surface area contributed by atoms with Crippen LogP contribution in [0.1, 0.15) is 37.7 Å². The van der Waals surface area contributed by atoms with Crippen molar-refractivity contribution in [3.8, 4) is 0 Å². The lowest BCUT2D eigenvalue weighted by Crippen LogP contribution is -2.10. The van der Waals surface area contributed by atoms with Crippen LogP contribution in [0.2, 0.25) is 0 Å². The number of unbranched alkanes of at least 4 members (excludes halogenated alkanes) is 3. The molecule has 0 aromatic heterocycles. The Labute approximate surface area is 113 Å². The van der Waals surface area contributed by atoms with E-state index in [1.165, 1.54) is 18.4 Å². The van der Waals surface area contributed by atoms with Gasteiger partial charge in [-0.15, -0.1) is 6.58 Å². The third-order valence-electron chi connectivity index (χ3n) is 2.81. The zero-order valence-corrected chi connectivity index (χ0v) is 11.8. The minimum Gasteiger partial charge on any atom is -0.393 e. The molecule has 1 N–H and O–H groups in total. The van der Waals surface area contributed by atoms with Gasteiger partial charge in [-0.1, -0.05) is 47.0 Å². The summed E-state index contributed by atoms with van der Waals surface area (Å²) in [5.74, 6) is 0. The summed E-state index contributed by atoms with van der Waals surface area (Å²) in [6.45, 7) is 3.70. The molecule has 0 aliphatic heterocycles. The van der Waals surface area contributed by atoms with E-state index in [0.717, 1.165) is 30.2 Å². The van der Waals surface area contributed by atoms with Crippen LogP contribution in [-0.4, -0.2) is 11.2 Å². The quantitative estimate of drug-likeness (QED) is 0.553. The van der Waals surface area contributed by atoms with E-state index in [0.29, 0.717) is 0 Å². The molecule has 1 nitrogen and oxygen atoms in total. The summed E-state index contributed by atoms with van der Waals surface area (Å²) in [6, 6.07) is 8.15. The van der Waals surface area contributed by atoms with Crippen molar-refractivity contribution in [2.75, 3.05) is 0 Å². The second kappa shape index (κ2) is 8.48. The Morgan fingerprint density at radius 3 is 2.82 bits per heavy atom. The number of hydrogen-bond donors (Lipinski definition) is 1. The fraction of sp³-hybridized carbons (Fsp3) is 0.467. The molecule has 0 saturated heterocycles. The molecule has 0 heterocycles. The molecule has 0 saturated carbocycles. The molecule has 17 heavy (non-hydrogen) atoms. The number of hydrogen-bond acceptors (Lipinski definition) is 1. The van der Waals surface area contributed by atoms with Gasteiger partial charge in [-0.2, -0.15) is 0 Å². The third kappa shape index (κ3) is 6.64. The predicted octanol–water partition coefficient (Wildman–Crippen LogP) is 4.49. The monoisotopic (exact) mass is 296 g/mol. The molecule has 0 spiro atoms. The van der Waals surface area contributed by atoms with Crippen molar-refractivity contribution >= 4 is 15.9 Å². The van der Waals surface area contributed by atoms with Crippen LogP contribution in [0.15, 0.2) is 41.4 Å². The van der Waals surface area contributed by atoms with Crippen LogP contribution < -0.4 is 0 Å². The molecule has 0 bridgehead atoms. The van der Waals surface area contributed by atoms with Crippen molar-refractivity contribution in [1.82, 2.24) is 0 Å². The van der Waals surface area contributed by atoms with Crippen molar-refractivity contribution in [2.45, 2.75) is 44.6 Å². The van der Waals surface area contributed by atoms with Crippen LogP contribution in [-0.2, 0) is 6.42 Å². The van der Waals surface area contributed by atoms with E-state index in [9.17, 15) is 5.11 Å². The minimum absolute atomic E-state index is 0.215. The minimum atomic E-state index is -0.215. The number of benzene rings is 1.